The van der Waals surface area contributed by atoms with Crippen LogP contribution in [0.3, 0.4) is 0 Å². The SMILES string of the molecule is CCCCOCCCNC(=NC)NC1CCCCC1.I. The van der Waals surface area contributed by atoms with Gasteiger partial charge in [0, 0.05) is 32.8 Å². The van der Waals surface area contributed by atoms with Gasteiger partial charge in [-0.25, -0.2) is 0 Å². The highest BCUT2D eigenvalue weighted by Gasteiger charge is 2.13. The summed E-state index contributed by atoms with van der Waals surface area (Å²) >= 11 is 0. The van der Waals surface area contributed by atoms with Crippen LogP contribution in [0.4, 0.5) is 0 Å². The molecule has 1 rings (SSSR count). The Morgan fingerprint density at radius 3 is 2.50 bits per heavy atom. The van der Waals surface area contributed by atoms with E-state index >= 15 is 0 Å². The smallest absolute Gasteiger partial charge is 0.191 e. The molecular formula is C15H32IN3O. The van der Waals surface area contributed by atoms with Gasteiger partial charge in [0.2, 0.25) is 0 Å². The summed E-state index contributed by atoms with van der Waals surface area (Å²) in [5.41, 5.74) is 0. The first kappa shape index (κ1) is 20.0. The lowest BCUT2D eigenvalue weighted by Gasteiger charge is -2.24. The van der Waals surface area contributed by atoms with Crippen molar-refractivity contribution >= 4 is 29.9 Å². The highest BCUT2D eigenvalue weighted by atomic mass is 127. The van der Waals surface area contributed by atoms with E-state index in [1.165, 1.54) is 44.9 Å². The average Bonchev–Trinajstić information content (AvgIpc) is 2.46. The number of hydrogen-bond donors (Lipinski definition) is 2. The van der Waals surface area contributed by atoms with Gasteiger partial charge in [-0.2, -0.15) is 0 Å². The Kier molecular flexibility index (Phi) is 13.9. The maximum atomic E-state index is 5.54. The van der Waals surface area contributed by atoms with Crippen LogP contribution >= 0.6 is 24.0 Å². The maximum absolute atomic E-state index is 5.54. The lowest BCUT2D eigenvalue weighted by atomic mass is 9.96. The monoisotopic (exact) mass is 397 g/mol. The van der Waals surface area contributed by atoms with E-state index in [1.54, 1.807) is 0 Å². The number of hydrogen-bond acceptors (Lipinski definition) is 2. The minimum absolute atomic E-state index is 0. The predicted octanol–water partition coefficient (Wildman–Crippen LogP) is 3.31. The van der Waals surface area contributed by atoms with Crippen LogP contribution in [0, 0.1) is 0 Å². The third-order valence-corrected chi connectivity index (χ3v) is 3.57. The third-order valence-electron chi connectivity index (χ3n) is 3.57. The molecule has 0 aromatic carbocycles. The molecule has 2 N–H and O–H groups in total. The minimum Gasteiger partial charge on any atom is -0.381 e. The summed E-state index contributed by atoms with van der Waals surface area (Å²) in [4.78, 5) is 4.28. The van der Waals surface area contributed by atoms with Crippen molar-refractivity contribution in [2.75, 3.05) is 26.8 Å². The quantitative estimate of drug-likeness (QED) is 0.286. The lowest BCUT2D eigenvalue weighted by Crippen LogP contribution is -2.44. The predicted molar refractivity (Wildman–Crippen MR) is 97.1 cm³/mol. The molecule has 120 valence electrons. The molecule has 0 amide bonds. The standard InChI is InChI=1S/C15H31N3O.HI/c1-3-4-12-19-13-8-11-17-15(16-2)18-14-9-6-5-7-10-14;/h14H,3-13H2,1-2H3,(H2,16,17,18);1H. The molecule has 0 saturated heterocycles. The second kappa shape index (κ2) is 13.9. The second-order valence-electron chi connectivity index (χ2n) is 5.30. The fourth-order valence-corrected chi connectivity index (χ4v) is 2.36. The summed E-state index contributed by atoms with van der Waals surface area (Å²) in [6, 6.07) is 0.612. The molecule has 0 spiro atoms. The summed E-state index contributed by atoms with van der Waals surface area (Å²) in [6.07, 6.45) is 10.0. The fraction of sp³-hybridized carbons (Fsp3) is 0.933. The molecule has 0 bridgehead atoms. The maximum Gasteiger partial charge on any atom is 0.191 e. The van der Waals surface area contributed by atoms with Gasteiger partial charge in [0.25, 0.3) is 0 Å². The molecule has 1 saturated carbocycles. The zero-order chi connectivity index (χ0) is 13.8. The van der Waals surface area contributed by atoms with Crippen LogP contribution in [-0.4, -0.2) is 38.8 Å². The molecule has 0 atom stereocenters. The number of ether oxygens (including phenoxy) is 1. The van der Waals surface area contributed by atoms with Gasteiger partial charge >= 0.3 is 0 Å². The van der Waals surface area contributed by atoms with Crippen LogP contribution in [0.5, 0.6) is 0 Å². The Morgan fingerprint density at radius 2 is 1.85 bits per heavy atom. The topological polar surface area (TPSA) is 45.6 Å². The van der Waals surface area contributed by atoms with Crippen LogP contribution in [0.15, 0.2) is 4.99 Å². The molecule has 1 aliphatic carbocycles. The van der Waals surface area contributed by atoms with Crippen LogP contribution in [0.1, 0.15) is 58.3 Å². The van der Waals surface area contributed by atoms with E-state index in [0.29, 0.717) is 6.04 Å². The van der Waals surface area contributed by atoms with Gasteiger partial charge in [0.05, 0.1) is 0 Å². The van der Waals surface area contributed by atoms with Crippen molar-refractivity contribution in [3.8, 4) is 0 Å². The number of unbranched alkanes of at least 4 members (excludes halogenated alkanes) is 1. The summed E-state index contributed by atoms with van der Waals surface area (Å²) < 4.78 is 5.54. The van der Waals surface area contributed by atoms with Gasteiger partial charge < -0.3 is 15.4 Å². The highest BCUT2D eigenvalue weighted by molar-refractivity contribution is 14.0. The Hall–Kier alpha value is -0.0400. The zero-order valence-corrected chi connectivity index (χ0v) is 15.4. The molecule has 0 radical (unpaired) electrons. The van der Waals surface area contributed by atoms with Gasteiger partial charge in [0.15, 0.2) is 5.96 Å². The number of nitrogens with zero attached hydrogens (tertiary/aromatic N) is 1. The van der Waals surface area contributed by atoms with Crippen molar-refractivity contribution in [3.63, 3.8) is 0 Å². The number of aliphatic imine (C=N–C) groups is 1. The fourth-order valence-electron chi connectivity index (χ4n) is 2.36. The Labute approximate surface area is 141 Å². The Morgan fingerprint density at radius 1 is 1.15 bits per heavy atom. The van der Waals surface area contributed by atoms with E-state index in [1.807, 2.05) is 7.05 Å². The van der Waals surface area contributed by atoms with E-state index in [2.05, 4.69) is 22.5 Å². The van der Waals surface area contributed by atoms with E-state index in [0.717, 1.165) is 32.1 Å². The number of rotatable bonds is 8. The van der Waals surface area contributed by atoms with E-state index < -0.39 is 0 Å². The first-order valence-corrected chi connectivity index (χ1v) is 7.91. The third kappa shape index (κ3) is 9.80. The molecule has 4 nitrogen and oxygen atoms in total. The van der Waals surface area contributed by atoms with Crippen molar-refractivity contribution in [3.05, 3.63) is 0 Å². The highest BCUT2D eigenvalue weighted by Crippen LogP contribution is 2.17. The molecule has 1 aliphatic rings. The molecule has 0 aromatic rings. The van der Waals surface area contributed by atoms with Crippen molar-refractivity contribution < 1.29 is 4.74 Å². The first-order valence-electron chi connectivity index (χ1n) is 7.91. The number of guanidine groups is 1. The minimum atomic E-state index is 0. The van der Waals surface area contributed by atoms with Crippen LogP contribution in [0.25, 0.3) is 0 Å². The largest absolute Gasteiger partial charge is 0.381 e. The van der Waals surface area contributed by atoms with Gasteiger partial charge in [-0.3, -0.25) is 4.99 Å². The van der Waals surface area contributed by atoms with Crippen LogP contribution in [0.2, 0.25) is 0 Å². The lowest BCUT2D eigenvalue weighted by molar-refractivity contribution is 0.129. The number of nitrogens with one attached hydrogen (secondary N) is 2. The summed E-state index contributed by atoms with van der Waals surface area (Å²) in [6.45, 7) is 4.85. The van der Waals surface area contributed by atoms with Crippen LogP contribution in [-0.2, 0) is 4.74 Å². The van der Waals surface area contributed by atoms with Crippen LogP contribution < -0.4 is 10.6 Å². The average molecular weight is 397 g/mol. The van der Waals surface area contributed by atoms with E-state index in [4.69, 9.17) is 4.74 Å². The van der Waals surface area contributed by atoms with Crippen molar-refractivity contribution in [2.24, 2.45) is 4.99 Å². The van der Waals surface area contributed by atoms with Crippen molar-refractivity contribution in [1.82, 2.24) is 10.6 Å². The summed E-state index contributed by atoms with van der Waals surface area (Å²) in [5, 5.41) is 6.88. The molecule has 0 aromatic heterocycles. The molecule has 0 heterocycles. The second-order valence-corrected chi connectivity index (χ2v) is 5.30. The Balaban J connectivity index is 0.00000361. The van der Waals surface area contributed by atoms with Gasteiger partial charge in [-0.05, 0) is 25.7 Å². The molecule has 0 unspecified atom stereocenters. The van der Waals surface area contributed by atoms with Gasteiger partial charge in [-0.15, -0.1) is 24.0 Å². The Bertz CT molecular complexity index is 243. The van der Waals surface area contributed by atoms with Gasteiger partial charge in [-0.1, -0.05) is 32.6 Å². The zero-order valence-electron chi connectivity index (χ0n) is 13.1. The number of halogens is 1. The molecule has 5 heteroatoms. The molecular weight excluding hydrogens is 365 g/mol. The summed E-state index contributed by atoms with van der Waals surface area (Å²) in [7, 11) is 1.84. The van der Waals surface area contributed by atoms with Crippen molar-refractivity contribution in [2.45, 2.75) is 64.3 Å². The normalized spacial score (nSPS) is 16.6. The summed E-state index contributed by atoms with van der Waals surface area (Å²) in [5.74, 6) is 0.945. The molecule has 0 aliphatic heterocycles. The van der Waals surface area contributed by atoms with E-state index in [-0.39, 0.29) is 24.0 Å². The van der Waals surface area contributed by atoms with Gasteiger partial charge in [0.1, 0.15) is 0 Å². The van der Waals surface area contributed by atoms with Crippen molar-refractivity contribution in [1.29, 1.82) is 0 Å². The molecule has 1 fully saturated rings. The first-order chi connectivity index (χ1) is 9.36. The van der Waals surface area contributed by atoms with E-state index in [9.17, 15) is 0 Å². The molecule has 20 heavy (non-hydrogen) atoms.